The van der Waals surface area contributed by atoms with Crippen LogP contribution in [0, 0.1) is 0 Å². The zero-order valence-electron chi connectivity index (χ0n) is 14.6. The minimum atomic E-state index is -0.304. The summed E-state index contributed by atoms with van der Waals surface area (Å²) in [5.74, 6) is 0.961. The second-order valence-corrected chi connectivity index (χ2v) is 5.76. The summed E-state index contributed by atoms with van der Waals surface area (Å²) in [7, 11) is 0. The molecule has 140 valence electrons. The zero-order chi connectivity index (χ0) is 18.9. The molecule has 1 aromatic carbocycles. The van der Waals surface area contributed by atoms with E-state index in [4.69, 9.17) is 9.15 Å². The van der Waals surface area contributed by atoms with Crippen LogP contribution in [0.1, 0.15) is 5.76 Å². The van der Waals surface area contributed by atoms with Crippen LogP contribution in [0.3, 0.4) is 0 Å². The molecule has 0 atom stereocenters. The van der Waals surface area contributed by atoms with Crippen molar-refractivity contribution in [3.8, 4) is 5.75 Å². The lowest BCUT2D eigenvalue weighted by Gasteiger charge is -2.06. The Morgan fingerprint density at radius 1 is 1.11 bits per heavy atom. The first-order valence-corrected chi connectivity index (χ1v) is 8.48. The van der Waals surface area contributed by atoms with Crippen molar-refractivity contribution in [1.82, 2.24) is 15.1 Å². The summed E-state index contributed by atoms with van der Waals surface area (Å²) in [4.78, 5) is 23.8. The van der Waals surface area contributed by atoms with Gasteiger partial charge in [0.05, 0.1) is 18.1 Å². The Balaban J connectivity index is 1.38. The van der Waals surface area contributed by atoms with E-state index in [2.05, 4.69) is 15.7 Å². The Labute approximate surface area is 156 Å². The predicted octanol–water partition coefficient (Wildman–Crippen LogP) is 1.85. The molecule has 0 unspecified atom stereocenters. The number of carbonyl (C=O) groups is 2. The molecule has 0 aliphatic carbocycles. The van der Waals surface area contributed by atoms with Gasteiger partial charge < -0.3 is 19.8 Å². The molecule has 0 radical (unpaired) electrons. The number of aromatic nitrogens is 2. The van der Waals surface area contributed by atoms with Crippen molar-refractivity contribution in [2.24, 2.45) is 0 Å². The molecule has 3 rings (SSSR count). The summed E-state index contributed by atoms with van der Waals surface area (Å²) in [5.41, 5.74) is 0.500. The fourth-order valence-corrected chi connectivity index (χ4v) is 2.36. The van der Waals surface area contributed by atoms with Gasteiger partial charge >= 0.3 is 0 Å². The van der Waals surface area contributed by atoms with E-state index in [1.807, 2.05) is 30.3 Å². The van der Waals surface area contributed by atoms with Gasteiger partial charge in [0.25, 0.3) is 5.91 Å². The zero-order valence-corrected chi connectivity index (χ0v) is 14.6. The molecule has 0 fully saturated rings. The third-order valence-electron chi connectivity index (χ3n) is 3.61. The number of hydrogen-bond acceptors (Lipinski definition) is 5. The highest BCUT2D eigenvalue weighted by Crippen LogP contribution is 2.09. The summed E-state index contributed by atoms with van der Waals surface area (Å²) < 4.78 is 12.0. The molecule has 2 heterocycles. The number of ether oxygens (including phenoxy) is 1. The number of carbonyl (C=O) groups excluding carboxylic acids is 2. The van der Waals surface area contributed by atoms with Crippen LogP contribution in [0.5, 0.6) is 5.75 Å². The molecule has 8 nitrogen and oxygen atoms in total. The molecule has 0 saturated carbocycles. The van der Waals surface area contributed by atoms with Crippen LogP contribution in [-0.4, -0.2) is 34.7 Å². The smallest absolute Gasteiger partial charge is 0.262 e. The molecule has 8 heteroatoms. The van der Waals surface area contributed by atoms with Gasteiger partial charge in [-0.15, -0.1) is 0 Å². The van der Waals surface area contributed by atoms with Gasteiger partial charge in [-0.1, -0.05) is 18.2 Å². The summed E-state index contributed by atoms with van der Waals surface area (Å²) >= 11 is 0. The first-order chi connectivity index (χ1) is 13.2. The van der Waals surface area contributed by atoms with Crippen molar-refractivity contribution in [1.29, 1.82) is 0 Å². The maximum absolute atomic E-state index is 11.9. The van der Waals surface area contributed by atoms with Crippen LogP contribution in [0.2, 0.25) is 0 Å². The Hall–Kier alpha value is -3.55. The molecule has 3 aromatic rings. The molecule has 2 N–H and O–H groups in total. The van der Waals surface area contributed by atoms with E-state index in [1.165, 1.54) is 10.9 Å². The van der Waals surface area contributed by atoms with E-state index < -0.39 is 0 Å². The Morgan fingerprint density at radius 3 is 2.74 bits per heavy atom. The van der Waals surface area contributed by atoms with E-state index in [-0.39, 0.29) is 25.0 Å². The second-order valence-electron chi connectivity index (χ2n) is 5.76. The van der Waals surface area contributed by atoms with Crippen molar-refractivity contribution in [3.05, 3.63) is 66.9 Å². The third kappa shape index (κ3) is 6.03. The predicted molar refractivity (Wildman–Crippen MR) is 98.2 cm³/mol. The molecule has 0 spiro atoms. The SMILES string of the molecule is O=C(Cn1cc(NC(=O)COc2ccccc2)cn1)NCCc1ccco1. The van der Waals surface area contributed by atoms with Gasteiger partial charge in [0.2, 0.25) is 5.91 Å². The third-order valence-corrected chi connectivity index (χ3v) is 3.61. The lowest BCUT2D eigenvalue weighted by atomic mass is 10.3. The van der Waals surface area contributed by atoms with Gasteiger partial charge in [-0.2, -0.15) is 5.10 Å². The first kappa shape index (κ1) is 18.2. The largest absolute Gasteiger partial charge is 0.484 e. The van der Waals surface area contributed by atoms with Crippen molar-refractivity contribution in [3.63, 3.8) is 0 Å². The molecule has 0 saturated heterocycles. The standard InChI is InChI=1S/C19H20N4O4/c24-18(20-9-8-17-7-4-10-26-17)13-23-12-15(11-21-23)22-19(25)14-27-16-5-2-1-3-6-16/h1-7,10-12H,8-9,13-14H2,(H,20,24)(H,22,25). The number of anilines is 1. The molecular formula is C19H20N4O4. The number of amides is 2. The molecule has 0 bridgehead atoms. The van der Waals surface area contributed by atoms with Crippen LogP contribution in [0.15, 0.2) is 65.5 Å². The van der Waals surface area contributed by atoms with E-state index in [1.54, 1.807) is 24.6 Å². The molecule has 0 aliphatic rings. The van der Waals surface area contributed by atoms with E-state index in [0.29, 0.717) is 24.4 Å². The molecule has 27 heavy (non-hydrogen) atoms. The molecular weight excluding hydrogens is 348 g/mol. The summed E-state index contributed by atoms with van der Waals surface area (Å²) in [5, 5.41) is 9.53. The number of nitrogens with zero attached hydrogens (tertiary/aromatic N) is 2. The van der Waals surface area contributed by atoms with Gasteiger partial charge in [-0.25, -0.2) is 0 Å². The Morgan fingerprint density at radius 2 is 1.96 bits per heavy atom. The van der Waals surface area contributed by atoms with E-state index >= 15 is 0 Å². The minimum Gasteiger partial charge on any atom is -0.484 e. The van der Waals surface area contributed by atoms with Gasteiger partial charge in [0.1, 0.15) is 18.1 Å². The molecule has 2 aromatic heterocycles. The van der Waals surface area contributed by atoms with Gasteiger partial charge in [0.15, 0.2) is 6.61 Å². The minimum absolute atomic E-state index is 0.0640. The quantitative estimate of drug-likeness (QED) is 0.601. The van der Waals surface area contributed by atoms with Crippen LogP contribution in [0.4, 0.5) is 5.69 Å². The van der Waals surface area contributed by atoms with Crippen molar-refractivity contribution < 1.29 is 18.7 Å². The Bertz CT molecular complexity index is 859. The first-order valence-electron chi connectivity index (χ1n) is 8.48. The highest BCUT2D eigenvalue weighted by Gasteiger charge is 2.08. The summed E-state index contributed by atoms with van der Waals surface area (Å²) in [6, 6.07) is 12.7. The normalized spacial score (nSPS) is 10.4. The highest BCUT2D eigenvalue weighted by atomic mass is 16.5. The van der Waals surface area contributed by atoms with Crippen molar-refractivity contribution in [2.75, 3.05) is 18.5 Å². The van der Waals surface area contributed by atoms with Crippen LogP contribution >= 0.6 is 0 Å². The van der Waals surface area contributed by atoms with Crippen LogP contribution in [0.25, 0.3) is 0 Å². The summed E-state index contributed by atoms with van der Waals surface area (Å²) in [6.07, 6.45) is 5.30. The number of para-hydroxylation sites is 1. The fourth-order valence-electron chi connectivity index (χ4n) is 2.36. The molecule has 0 aliphatic heterocycles. The van der Waals surface area contributed by atoms with Crippen LogP contribution in [-0.2, 0) is 22.6 Å². The number of furan rings is 1. The maximum Gasteiger partial charge on any atom is 0.262 e. The lowest BCUT2D eigenvalue weighted by Crippen LogP contribution is -2.29. The van der Waals surface area contributed by atoms with E-state index in [9.17, 15) is 9.59 Å². The number of benzene rings is 1. The Kier molecular flexibility index (Phi) is 6.24. The summed E-state index contributed by atoms with van der Waals surface area (Å²) in [6.45, 7) is 0.436. The number of hydrogen-bond donors (Lipinski definition) is 2. The van der Waals surface area contributed by atoms with E-state index in [0.717, 1.165) is 5.76 Å². The van der Waals surface area contributed by atoms with Gasteiger partial charge in [0, 0.05) is 19.2 Å². The number of nitrogens with one attached hydrogen (secondary N) is 2. The maximum atomic E-state index is 11.9. The second kappa shape index (κ2) is 9.23. The average molecular weight is 368 g/mol. The van der Waals surface area contributed by atoms with Crippen molar-refractivity contribution in [2.45, 2.75) is 13.0 Å². The molecule has 2 amide bonds. The highest BCUT2D eigenvalue weighted by molar-refractivity contribution is 5.91. The van der Waals surface area contributed by atoms with Gasteiger partial charge in [-0.05, 0) is 24.3 Å². The van der Waals surface area contributed by atoms with Crippen LogP contribution < -0.4 is 15.4 Å². The lowest BCUT2D eigenvalue weighted by molar-refractivity contribution is -0.121. The average Bonchev–Trinajstić information content (AvgIpc) is 3.33. The van der Waals surface area contributed by atoms with Gasteiger partial charge in [-0.3, -0.25) is 14.3 Å². The monoisotopic (exact) mass is 368 g/mol. The fraction of sp³-hybridized carbons (Fsp3) is 0.211. The number of rotatable bonds is 9. The van der Waals surface area contributed by atoms with Crippen molar-refractivity contribution >= 4 is 17.5 Å². The topological polar surface area (TPSA) is 98.4 Å².